The van der Waals surface area contributed by atoms with Gasteiger partial charge in [0, 0.05) is 22.9 Å². The molecule has 0 bridgehead atoms. The van der Waals surface area contributed by atoms with Crippen LogP contribution in [0.4, 0.5) is 16.3 Å². The van der Waals surface area contributed by atoms with Gasteiger partial charge in [-0.2, -0.15) is 9.78 Å². The van der Waals surface area contributed by atoms with Crippen LogP contribution in [0.1, 0.15) is 18.2 Å². The maximum absolute atomic E-state index is 12.8. The fraction of sp³-hybridized carbons (Fsp3) is 0.167. The number of H-pyrrole nitrogens is 1. The van der Waals surface area contributed by atoms with Crippen LogP contribution in [-0.4, -0.2) is 32.4 Å². The zero-order valence-electron chi connectivity index (χ0n) is 18.5. The zero-order chi connectivity index (χ0) is 23.4. The fourth-order valence-electron chi connectivity index (χ4n) is 3.23. The summed E-state index contributed by atoms with van der Waals surface area (Å²) in [7, 11) is 0. The maximum Gasteiger partial charge on any atom is 0.324 e. The number of aromatic nitrogens is 4. The van der Waals surface area contributed by atoms with Gasteiger partial charge in [-0.15, -0.1) is 0 Å². The van der Waals surface area contributed by atoms with E-state index in [1.165, 1.54) is 4.68 Å². The molecule has 4 rings (SSSR count). The monoisotopic (exact) mass is 444 g/mol. The number of aryl methyl sites for hydroxylation is 1. The van der Waals surface area contributed by atoms with Gasteiger partial charge in [0.2, 0.25) is 5.95 Å². The molecule has 2 heterocycles. The Morgan fingerprint density at radius 2 is 1.79 bits per heavy atom. The smallest absolute Gasteiger partial charge is 0.324 e. The molecule has 3 N–H and O–H groups in total. The molecule has 0 saturated heterocycles. The number of nitrogens with zero attached hydrogens (tertiary/aromatic N) is 3. The second-order valence-corrected chi connectivity index (χ2v) is 7.30. The predicted octanol–water partition coefficient (Wildman–Crippen LogP) is 4.28. The number of ether oxygens (including phenoxy) is 1. The number of para-hydroxylation sites is 2. The SMILES string of the molecule is CCOc1ccccc1NC(=O)Nc1cc(-c2ccccc2)nn1-c1nc(C)c(C)c(=O)[nH]1. The van der Waals surface area contributed by atoms with Crippen molar-refractivity contribution in [1.29, 1.82) is 0 Å². The highest BCUT2D eigenvalue weighted by molar-refractivity contribution is 6.00. The lowest BCUT2D eigenvalue weighted by atomic mass is 10.2. The lowest BCUT2D eigenvalue weighted by molar-refractivity contribution is 0.261. The van der Waals surface area contributed by atoms with Crippen LogP contribution in [0.5, 0.6) is 5.75 Å². The van der Waals surface area contributed by atoms with Crippen LogP contribution in [-0.2, 0) is 0 Å². The van der Waals surface area contributed by atoms with Crippen LogP contribution in [0.25, 0.3) is 17.2 Å². The minimum atomic E-state index is -0.492. The van der Waals surface area contributed by atoms with E-state index >= 15 is 0 Å². The average Bonchev–Trinajstić information content (AvgIpc) is 3.23. The zero-order valence-corrected chi connectivity index (χ0v) is 18.5. The number of hydrogen-bond acceptors (Lipinski definition) is 5. The number of anilines is 2. The molecule has 0 fully saturated rings. The predicted molar refractivity (Wildman–Crippen MR) is 127 cm³/mol. The third-order valence-electron chi connectivity index (χ3n) is 5.04. The summed E-state index contributed by atoms with van der Waals surface area (Å²) in [4.78, 5) is 32.4. The summed E-state index contributed by atoms with van der Waals surface area (Å²) < 4.78 is 6.98. The van der Waals surface area contributed by atoms with Gasteiger partial charge in [0.05, 0.1) is 18.0 Å². The molecular weight excluding hydrogens is 420 g/mol. The Labute approximate surface area is 190 Å². The van der Waals surface area contributed by atoms with Gasteiger partial charge in [0.1, 0.15) is 11.6 Å². The van der Waals surface area contributed by atoms with Crippen molar-refractivity contribution in [2.75, 3.05) is 17.2 Å². The summed E-state index contributed by atoms with van der Waals surface area (Å²) in [6, 6.07) is 17.9. The molecule has 0 aliphatic heterocycles. The number of urea groups is 1. The van der Waals surface area contributed by atoms with Gasteiger partial charge in [-0.25, -0.2) is 9.78 Å². The highest BCUT2D eigenvalue weighted by Crippen LogP contribution is 2.26. The molecule has 4 aromatic rings. The highest BCUT2D eigenvalue weighted by Gasteiger charge is 2.17. The summed E-state index contributed by atoms with van der Waals surface area (Å²) >= 11 is 0. The fourth-order valence-corrected chi connectivity index (χ4v) is 3.23. The molecular formula is C24H24N6O3. The highest BCUT2D eigenvalue weighted by atomic mass is 16.5. The first-order chi connectivity index (χ1) is 16.0. The van der Waals surface area contributed by atoms with E-state index in [1.807, 2.05) is 43.3 Å². The number of carbonyl (C=O) groups excluding carboxylic acids is 1. The van der Waals surface area contributed by atoms with Crippen LogP contribution < -0.4 is 20.9 Å². The van der Waals surface area contributed by atoms with Gasteiger partial charge in [-0.1, -0.05) is 42.5 Å². The second-order valence-electron chi connectivity index (χ2n) is 7.30. The summed E-state index contributed by atoms with van der Waals surface area (Å²) in [5.74, 6) is 1.11. The van der Waals surface area contributed by atoms with Crippen molar-refractivity contribution >= 4 is 17.5 Å². The molecule has 0 radical (unpaired) electrons. The van der Waals surface area contributed by atoms with Crippen LogP contribution >= 0.6 is 0 Å². The molecule has 0 atom stereocenters. The minimum Gasteiger partial charge on any atom is -0.492 e. The summed E-state index contributed by atoms with van der Waals surface area (Å²) in [6.07, 6.45) is 0. The van der Waals surface area contributed by atoms with Crippen LogP contribution in [0.15, 0.2) is 65.5 Å². The summed E-state index contributed by atoms with van der Waals surface area (Å²) in [6.45, 7) is 5.79. The molecule has 2 amide bonds. The molecule has 0 aliphatic carbocycles. The topological polar surface area (TPSA) is 114 Å². The number of carbonyl (C=O) groups is 1. The quantitative estimate of drug-likeness (QED) is 0.411. The molecule has 9 nitrogen and oxygen atoms in total. The van der Waals surface area contributed by atoms with Gasteiger partial charge >= 0.3 is 6.03 Å². The maximum atomic E-state index is 12.8. The molecule has 0 unspecified atom stereocenters. The summed E-state index contributed by atoms with van der Waals surface area (Å²) in [5.41, 5.74) is 2.83. The standard InChI is InChI=1S/C24H24N6O3/c1-4-33-20-13-9-8-12-18(20)26-24(32)27-21-14-19(17-10-6-5-7-11-17)29-30(21)23-25-16(3)15(2)22(31)28-23/h5-14H,4H2,1-3H3,(H,25,28,31)(H2,26,27,32). The third kappa shape index (κ3) is 4.77. The molecule has 0 saturated carbocycles. The number of hydrogen-bond donors (Lipinski definition) is 3. The molecule has 33 heavy (non-hydrogen) atoms. The first kappa shape index (κ1) is 21.8. The molecule has 0 spiro atoms. The van der Waals surface area contributed by atoms with E-state index in [0.29, 0.717) is 40.8 Å². The Bertz CT molecular complexity index is 1340. The van der Waals surface area contributed by atoms with Crippen molar-refractivity contribution < 1.29 is 9.53 Å². The Morgan fingerprint density at radius 3 is 2.52 bits per heavy atom. The Balaban J connectivity index is 1.70. The Hall–Kier alpha value is -4.40. The van der Waals surface area contributed by atoms with Gasteiger partial charge in [0.25, 0.3) is 5.56 Å². The van der Waals surface area contributed by atoms with E-state index in [1.54, 1.807) is 38.1 Å². The van der Waals surface area contributed by atoms with E-state index in [4.69, 9.17) is 4.74 Å². The van der Waals surface area contributed by atoms with Gasteiger partial charge < -0.3 is 10.1 Å². The van der Waals surface area contributed by atoms with E-state index in [-0.39, 0.29) is 11.5 Å². The van der Waals surface area contributed by atoms with E-state index in [2.05, 4.69) is 25.7 Å². The lowest BCUT2D eigenvalue weighted by Gasteiger charge is -2.13. The van der Waals surface area contributed by atoms with Gasteiger partial charge in [-0.05, 0) is 32.9 Å². The minimum absolute atomic E-state index is 0.204. The van der Waals surface area contributed by atoms with Crippen LogP contribution in [0, 0.1) is 13.8 Å². The van der Waals surface area contributed by atoms with Crippen molar-refractivity contribution in [1.82, 2.24) is 19.7 Å². The summed E-state index contributed by atoms with van der Waals surface area (Å²) in [5, 5.41) is 10.2. The number of aromatic amines is 1. The molecule has 2 aromatic heterocycles. The van der Waals surface area contributed by atoms with Crippen molar-refractivity contribution in [3.63, 3.8) is 0 Å². The van der Waals surface area contributed by atoms with Gasteiger partial charge in [-0.3, -0.25) is 15.1 Å². The lowest BCUT2D eigenvalue weighted by Crippen LogP contribution is -2.23. The molecule has 0 aliphatic rings. The van der Waals surface area contributed by atoms with Crippen molar-refractivity contribution in [3.05, 3.63) is 82.3 Å². The number of nitrogens with one attached hydrogen (secondary N) is 3. The van der Waals surface area contributed by atoms with E-state index < -0.39 is 6.03 Å². The number of benzene rings is 2. The first-order valence-corrected chi connectivity index (χ1v) is 10.5. The Kier molecular flexibility index (Phi) is 6.21. The number of amides is 2. The van der Waals surface area contributed by atoms with Crippen molar-refractivity contribution in [2.24, 2.45) is 0 Å². The van der Waals surface area contributed by atoms with Crippen LogP contribution in [0.3, 0.4) is 0 Å². The normalized spacial score (nSPS) is 10.6. The first-order valence-electron chi connectivity index (χ1n) is 10.5. The molecule has 2 aromatic carbocycles. The number of rotatable bonds is 6. The Morgan fingerprint density at radius 1 is 1.06 bits per heavy atom. The molecule has 168 valence electrons. The van der Waals surface area contributed by atoms with Crippen LogP contribution in [0.2, 0.25) is 0 Å². The second kappa shape index (κ2) is 9.39. The van der Waals surface area contributed by atoms with E-state index in [0.717, 1.165) is 5.56 Å². The third-order valence-corrected chi connectivity index (χ3v) is 5.04. The van der Waals surface area contributed by atoms with Gasteiger partial charge in [0.15, 0.2) is 0 Å². The largest absolute Gasteiger partial charge is 0.492 e. The van der Waals surface area contributed by atoms with E-state index in [9.17, 15) is 9.59 Å². The average molecular weight is 444 g/mol. The van der Waals surface area contributed by atoms with Crippen molar-refractivity contribution in [2.45, 2.75) is 20.8 Å². The molecule has 9 heteroatoms. The van der Waals surface area contributed by atoms with Crippen molar-refractivity contribution in [3.8, 4) is 23.0 Å².